The van der Waals surface area contributed by atoms with Crippen molar-refractivity contribution >= 4 is 53.0 Å². The number of rotatable bonds is 12. The summed E-state index contributed by atoms with van der Waals surface area (Å²) in [6.45, 7) is 1.59. The lowest BCUT2D eigenvalue weighted by atomic mass is 9.96. The Labute approximate surface area is 244 Å². The average molecular weight is 632 g/mol. The second kappa shape index (κ2) is 12.4. The van der Waals surface area contributed by atoms with Crippen molar-refractivity contribution in [2.45, 2.75) is 70.3 Å². The number of methoxy groups -OCH3 is 1. The predicted molar refractivity (Wildman–Crippen MR) is 148 cm³/mol. The summed E-state index contributed by atoms with van der Waals surface area (Å²) in [7, 11) is 1.38. The predicted octanol–water partition coefficient (Wildman–Crippen LogP) is -0.123. The van der Waals surface area contributed by atoms with Gasteiger partial charge >= 0.3 is 12.7 Å². The molecule has 0 radical (unpaired) electrons. The van der Waals surface area contributed by atoms with Crippen molar-refractivity contribution in [3.05, 3.63) is 6.33 Å². The van der Waals surface area contributed by atoms with Gasteiger partial charge in [-0.05, 0) is 27.7 Å². The van der Waals surface area contributed by atoms with Crippen LogP contribution in [0.5, 0.6) is 5.88 Å². The van der Waals surface area contributed by atoms with Gasteiger partial charge in [-0.2, -0.15) is 9.97 Å². The first kappa shape index (κ1) is 32.1. The molecule has 2 aliphatic rings. The minimum atomic E-state index is -4.00. The van der Waals surface area contributed by atoms with Crippen LogP contribution in [0, 0.1) is 5.92 Å². The van der Waals surface area contributed by atoms with E-state index in [1.165, 1.54) is 31.9 Å². The highest BCUT2D eigenvalue weighted by Crippen LogP contribution is 2.58. The standard InChI is InChI=1S/C23H34N7O10PS/c1-10(2)39-20(34)11(3)29-41(36,42-8-12-6-14(31)26-18(12)33)38-7-13-16(32)23(4,35)21(40-13)30-9-25-15-17(30)27-22(24)28-19(15)37-5/h9-13,16,21,32,35H,6-8H2,1-5H3,(H,29,36)(H2,24,27,28)(H,26,31,33)/t11?,12?,13-,16-,21?,23-,41?/m1/s1. The van der Waals surface area contributed by atoms with Crippen LogP contribution < -0.4 is 20.9 Å². The number of nitrogens with two attached hydrogens (primary N) is 1. The quantitative estimate of drug-likeness (QED) is 0.116. The highest BCUT2D eigenvalue weighted by Gasteiger charge is 2.54. The van der Waals surface area contributed by atoms with Gasteiger partial charge in [0.05, 0.1) is 32.1 Å². The Hall–Kier alpha value is -2.86. The molecule has 2 fully saturated rings. The molecule has 0 bridgehead atoms. The molecule has 19 heteroatoms. The number of imidazole rings is 1. The maximum Gasteiger partial charge on any atom is 0.327 e. The second-order valence-electron chi connectivity index (χ2n) is 10.4. The summed E-state index contributed by atoms with van der Waals surface area (Å²) < 4.78 is 37.3. The van der Waals surface area contributed by atoms with Crippen molar-refractivity contribution < 1.29 is 47.9 Å². The van der Waals surface area contributed by atoms with Crippen LogP contribution in [0.4, 0.5) is 5.95 Å². The Bertz CT molecular complexity index is 1410. The number of hydrogen-bond donors (Lipinski definition) is 5. The number of aromatic nitrogens is 4. The van der Waals surface area contributed by atoms with E-state index in [4.69, 9.17) is 24.5 Å². The summed E-state index contributed by atoms with van der Waals surface area (Å²) in [5, 5.41) is 27.1. The number of aliphatic hydroxyl groups excluding tert-OH is 1. The second-order valence-corrected chi connectivity index (χ2v) is 14.7. The molecule has 0 saturated carbocycles. The Morgan fingerprint density at radius 3 is 2.71 bits per heavy atom. The van der Waals surface area contributed by atoms with Gasteiger partial charge in [0.2, 0.25) is 23.6 Å². The summed E-state index contributed by atoms with van der Waals surface area (Å²) in [6.07, 6.45) is -3.19. The zero-order valence-corrected chi connectivity index (χ0v) is 25.3. The molecular formula is C23H34N7O10PS. The molecule has 2 aromatic heterocycles. The summed E-state index contributed by atoms with van der Waals surface area (Å²) >= 11 is 0.724. The maximum absolute atomic E-state index is 13.9. The number of esters is 1. The van der Waals surface area contributed by atoms with Crippen molar-refractivity contribution in [3.8, 4) is 5.88 Å². The van der Waals surface area contributed by atoms with Crippen molar-refractivity contribution in [2.75, 3.05) is 25.2 Å². The number of carbonyl (C=O) groups is 3. The smallest absolute Gasteiger partial charge is 0.327 e. The van der Waals surface area contributed by atoms with Gasteiger partial charge in [-0.3, -0.25) is 28.8 Å². The molecule has 17 nitrogen and oxygen atoms in total. The number of nitrogen functional groups attached to an aromatic ring is 1. The van der Waals surface area contributed by atoms with E-state index in [0.717, 1.165) is 11.4 Å². The Balaban J connectivity index is 1.53. The molecule has 4 rings (SSSR count). The van der Waals surface area contributed by atoms with Crippen molar-refractivity contribution in [2.24, 2.45) is 5.92 Å². The largest absolute Gasteiger partial charge is 0.479 e. The number of imide groups is 1. The van der Waals surface area contributed by atoms with E-state index in [2.05, 4.69) is 25.4 Å². The fourth-order valence-corrected chi connectivity index (χ4v) is 8.46. The molecule has 2 aliphatic heterocycles. The van der Waals surface area contributed by atoms with Crippen molar-refractivity contribution in [1.82, 2.24) is 29.9 Å². The van der Waals surface area contributed by atoms with E-state index < -0.39 is 73.2 Å². The van der Waals surface area contributed by atoms with E-state index in [-0.39, 0.29) is 35.2 Å². The van der Waals surface area contributed by atoms with Crippen LogP contribution in [0.1, 0.15) is 40.3 Å². The van der Waals surface area contributed by atoms with Gasteiger partial charge in [0.1, 0.15) is 23.9 Å². The zero-order chi connectivity index (χ0) is 31.0. The summed E-state index contributed by atoms with van der Waals surface area (Å²) in [5.74, 6) is -2.48. The van der Waals surface area contributed by atoms with Gasteiger partial charge in [-0.15, -0.1) is 0 Å². The Kier molecular flexibility index (Phi) is 9.46. The van der Waals surface area contributed by atoms with Gasteiger partial charge in [0.25, 0.3) is 0 Å². The number of nitrogens with zero attached hydrogens (tertiary/aromatic N) is 4. The van der Waals surface area contributed by atoms with Gasteiger partial charge in [0, 0.05) is 12.2 Å². The van der Waals surface area contributed by atoms with Gasteiger partial charge in [0.15, 0.2) is 17.4 Å². The molecule has 0 aliphatic carbocycles. The molecular weight excluding hydrogens is 597 g/mol. The van der Waals surface area contributed by atoms with Crippen LogP contribution in [0.15, 0.2) is 6.33 Å². The number of anilines is 1. The lowest BCUT2D eigenvalue weighted by Crippen LogP contribution is -2.44. The summed E-state index contributed by atoms with van der Waals surface area (Å²) in [4.78, 5) is 48.4. The van der Waals surface area contributed by atoms with Crippen LogP contribution >= 0.6 is 18.1 Å². The number of amides is 2. The van der Waals surface area contributed by atoms with Crippen molar-refractivity contribution in [3.63, 3.8) is 0 Å². The third-order valence-electron chi connectivity index (χ3n) is 6.58. The molecule has 2 amide bonds. The maximum atomic E-state index is 13.9. The molecule has 2 saturated heterocycles. The van der Waals surface area contributed by atoms with E-state index in [9.17, 15) is 29.2 Å². The molecule has 4 heterocycles. The van der Waals surface area contributed by atoms with Crippen LogP contribution in [-0.4, -0.2) is 96.9 Å². The number of fused-ring (bicyclic) bond motifs is 1. The van der Waals surface area contributed by atoms with Gasteiger partial charge < -0.3 is 34.7 Å². The van der Waals surface area contributed by atoms with Crippen LogP contribution in [0.25, 0.3) is 11.2 Å². The SMILES string of the molecule is COc1nc(N)nc2c1ncn2C1O[C@H](COP(=O)(NC(C)C(=O)OC(C)C)SCC2CC(=O)NC2=O)[C@@H](O)[C@@]1(C)O. The van der Waals surface area contributed by atoms with E-state index in [1.54, 1.807) is 13.8 Å². The van der Waals surface area contributed by atoms with E-state index in [1.807, 2.05) is 0 Å². The number of nitrogens with one attached hydrogen (secondary N) is 2. The first-order chi connectivity index (χ1) is 19.6. The summed E-state index contributed by atoms with van der Waals surface area (Å²) in [6, 6.07) is -1.08. The third kappa shape index (κ3) is 6.69. The number of ether oxygens (including phenoxy) is 3. The topological polar surface area (TPSA) is 239 Å². The Morgan fingerprint density at radius 1 is 1.38 bits per heavy atom. The molecule has 42 heavy (non-hydrogen) atoms. The zero-order valence-electron chi connectivity index (χ0n) is 23.5. The normalized spacial score (nSPS) is 28.2. The fourth-order valence-electron chi connectivity index (χ4n) is 4.44. The fraction of sp³-hybridized carbons (Fsp3) is 0.652. The lowest BCUT2D eigenvalue weighted by Gasteiger charge is -2.27. The van der Waals surface area contributed by atoms with E-state index in [0.29, 0.717) is 0 Å². The molecule has 0 aromatic carbocycles. The minimum Gasteiger partial charge on any atom is -0.479 e. The minimum absolute atomic E-state index is 0.0633. The Morgan fingerprint density at radius 2 is 2.10 bits per heavy atom. The average Bonchev–Trinajstić information content (AvgIpc) is 3.53. The molecule has 232 valence electrons. The first-order valence-electron chi connectivity index (χ1n) is 13.0. The number of carbonyl (C=O) groups excluding carboxylic acids is 3. The molecule has 7 atom stereocenters. The highest BCUT2D eigenvalue weighted by molar-refractivity contribution is 8.56. The van der Waals surface area contributed by atoms with Crippen molar-refractivity contribution in [1.29, 1.82) is 0 Å². The molecule has 6 N–H and O–H groups in total. The molecule has 0 spiro atoms. The first-order valence-corrected chi connectivity index (χ1v) is 16.2. The molecule has 2 aromatic rings. The number of aliphatic hydroxyl groups is 2. The number of hydrogen-bond acceptors (Lipinski definition) is 15. The van der Waals surface area contributed by atoms with Crippen LogP contribution in [0.2, 0.25) is 0 Å². The third-order valence-corrected chi connectivity index (χ3v) is 10.8. The highest BCUT2D eigenvalue weighted by atomic mass is 32.7. The van der Waals surface area contributed by atoms with Crippen LogP contribution in [0.3, 0.4) is 0 Å². The summed E-state index contributed by atoms with van der Waals surface area (Å²) in [5.41, 5.74) is 4.29. The lowest BCUT2D eigenvalue weighted by molar-refractivity contribution is -0.149. The van der Waals surface area contributed by atoms with Crippen LogP contribution in [-0.2, 0) is 32.9 Å². The molecule has 4 unspecified atom stereocenters. The van der Waals surface area contributed by atoms with Gasteiger partial charge in [-0.25, -0.2) is 10.1 Å². The monoisotopic (exact) mass is 631 g/mol. The van der Waals surface area contributed by atoms with E-state index >= 15 is 0 Å². The van der Waals surface area contributed by atoms with Gasteiger partial charge in [-0.1, -0.05) is 11.4 Å².